The number of piperidine rings is 1. The molecule has 136 valence electrons. The first kappa shape index (κ1) is 17.8. The Kier molecular flexibility index (Phi) is 5.99. The number of carbonyl (C=O) groups excluding carboxylic acids is 2. The Morgan fingerprint density at radius 1 is 1.12 bits per heavy atom. The van der Waals surface area contributed by atoms with E-state index in [0.29, 0.717) is 45.7 Å². The standard InChI is InChI=1S/C18H24FN3O3/c19-16-4-2-1-3-15(16)18(24)20-14-5-7-22(8-6-14)17(23)13-21-9-11-25-12-10-21/h1-4,14H,5-13H2,(H,20,24). The van der Waals surface area contributed by atoms with Crippen molar-refractivity contribution in [3.8, 4) is 0 Å². The topological polar surface area (TPSA) is 61.9 Å². The van der Waals surface area contributed by atoms with Crippen molar-refractivity contribution in [1.29, 1.82) is 0 Å². The fraction of sp³-hybridized carbons (Fsp3) is 0.556. The predicted octanol–water partition coefficient (Wildman–Crippen LogP) is 0.879. The molecular formula is C18H24FN3O3. The van der Waals surface area contributed by atoms with Crippen LogP contribution in [-0.2, 0) is 9.53 Å². The lowest BCUT2D eigenvalue weighted by molar-refractivity contribution is -0.134. The molecule has 1 aromatic rings. The van der Waals surface area contributed by atoms with E-state index < -0.39 is 11.7 Å². The molecular weight excluding hydrogens is 325 g/mol. The number of halogens is 1. The first-order valence-electron chi connectivity index (χ1n) is 8.77. The van der Waals surface area contributed by atoms with Gasteiger partial charge in [0.2, 0.25) is 5.91 Å². The van der Waals surface area contributed by atoms with Crippen LogP contribution in [0.25, 0.3) is 0 Å². The maximum absolute atomic E-state index is 13.7. The number of nitrogens with one attached hydrogen (secondary N) is 1. The molecule has 2 heterocycles. The van der Waals surface area contributed by atoms with Gasteiger partial charge in [-0.05, 0) is 25.0 Å². The summed E-state index contributed by atoms with van der Waals surface area (Å²) in [6.07, 6.45) is 1.38. The summed E-state index contributed by atoms with van der Waals surface area (Å²) in [6.45, 7) is 4.60. The fourth-order valence-electron chi connectivity index (χ4n) is 3.23. The molecule has 0 spiro atoms. The molecule has 0 aliphatic carbocycles. The number of rotatable bonds is 4. The Hall–Kier alpha value is -1.99. The quantitative estimate of drug-likeness (QED) is 0.877. The van der Waals surface area contributed by atoms with E-state index in [0.717, 1.165) is 13.1 Å². The first-order chi connectivity index (χ1) is 12.1. The average molecular weight is 349 g/mol. The number of amides is 2. The monoisotopic (exact) mass is 349 g/mol. The van der Waals surface area contributed by atoms with Crippen molar-refractivity contribution < 1.29 is 18.7 Å². The molecule has 6 nitrogen and oxygen atoms in total. The minimum absolute atomic E-state index is 0.0282. The summed E-state index contributed by atoms with van der Waals surface area (Å²) < 4.78 is 18.9. The molecule has 2 aliphatic heterocycles. The van der Waals surface area contributed by atoms with Crippen LogP contribution in [0.15, 0.2) is 24.3 Å². The molecule has 3 rings (SSSR count). The zero-order valence-electron chi connectivity index (χ0n) is 14.2. The lowest BCUT2D eigenvalue weighted by Gasteiger charge is -2.34. The number of likely N-dealkylation sites (tertiary alicyclic amines) is 1. The van der Waals surface area contributed by atoms with Crippen LogP contribution in [-0.4, -0.2) is 73.6 Å². The van der Waals surface area contributed by atoms with Crippen molar-refractivity contribution in [1.82, 2.24) is 15.1 Å². The van der Waals surface area contributed by atoms with Gasteiger partial charge in [0.25, 0.3) is 5.91 Å². The molecule has 1 N–H and O–H groups in total. The Morgan fingerprint density at radius 3 is 2.48 bits per heavy atom. The van der Waals surface area contributed by atoms with E-state index in [1.807, 2.05) is 4.90 Å². The summed E-state index contributed by atoms with van der Waals surface area (Å²) in [5, 5.41) is 2.87. The van der Waals surface area contributed by atoms with E-state index in [4.69, 9.17) is 4.74 Å². The van der Waals surface area contributed by atoms with E-state index in [9.17, 15) is 14.0 Å². The second-order valence-electron chi connectivity index (χ2n) is 6.50. The van der Waals surface area contributed by atoms with Gasteiger partial charge in [0.15, 0.2) is 0 Å². The summed E-state index contributed by atoms with van der Waals surface area (Å²) in [5.41, 5.74) is 0.0633. The normalized spacial score (nSPS) is 19.6. The zero-order valence-corrected chi connectivity index (χ0v) is 14.2. The SMILES string of the molecule is O=C(NC1CCN(C(=O)CN2CCOCC2)CC1)c1ccccc1F. The Morgan fingerprint density at radius 2 is 1.80 bits per heavy atom. The molecule has 0 radical (unpaired) electrons. The summed E-state index contributed by atoms with van der Waals surface area (Å²) in [7, 11) is 0. The highest BCUT2D eigenvalue weighted by atomic mass is 19.1. The highest BCUT2D eigenvalue weighted by Crippen LogP contribution is 2.13. The molecule has 2 saturated heterocycles. The highest BCUT2D eigenvalue weighted by molar-refractivity contribution is 5.94. The van der Waals surface area contributed by atoms with Crippen LogP contribution in [0.5, 0.6) is 0 Å². The van der Waals surface area contributed by atoms with Crippen LogP contribution >= 0.6 is 0 Å². The van der Waals surface area contributed by atoms with Gasteiger partial charge in [0.05, 0.1) is 25.3 Å². The van der Waals surface area contributed by atoms with Crippen molar-refractivity contribution in [2.24, 2.45) is 0 Å². The van der Waals surface area contributed by atoms with Gasteiger partial charge in [-0.2, -0.15) is 0 Å². The van der Waals surface area contributed by atoms with Crippen molar-refractivity contribution >= 4 is 11.8 Å². The molecule has 2 amide bonds. The van der Waals surface area contributed by atoms with Gasteiger partial charge >= 0.3 is 0 Å². The third-order valence-electron chi connectivity index (χ3n) is 4.76. The molecule has 0 bridgehead atoms. The Labute approximate surface area is 146 Å². The van der Waals surface area contributed by atoms with Crippen LogP contribution in [0.2, 0.25) is 0 Å². The van der Waals surface area contributed by atoms with Gasteiger partial charge in [-0.15, -0.1) is 0 Å². The van der Waals surface area contributed by atoms with Crippen molar-refractivity contribution in [2.75, 3.05) is 45.9 Å². The zero-order chi connectivity index (χ0) is 17.6. The van der Waals surface area contributed by atoms with Gasteiger partial charge in [0, 0.05) is 32.2 Å². The second kappa shape index (κ2) is 8.40. The Bertz CT molecular complexity index is 611. The van der Waals surface area contributed by atoms with Gasteiger partial charge < -0.3 is 15.0 Å². The smallest absolute Gasteiger partial charge is 0.254 e. The highest BCUT2D eigenvalue weighted by Gasteiger charge is 2.26. The van der Waals surface area contributed by atoms with Crippen molar-refractivity contribution in [3.63, 3.8) is 0 Å². The van der Waals surface area contributed by atoms with Crippen LogP contribution in [0, 0.1) is 5.82 Å². The lowest BCUT2D eigenvalue weighted by atomic mass is 10.0. The third-order valence-corrected chi connectivity index (χ3v) is 4.76. The molecule has 2 fully saturated rings. The molecule has 0 atom stereocenters. The largest absolute Gasteiger partial charge is 0.379 e. The fourth-order valence-corrected chi connectivity index (χ4v) is 3.23. The summed E-state index contributed by atoms with van der Waals surface area (Å²) >= 11 is 0. The van der Waals surface area contributed by atoms with E-state index in [1.165, 1.54) is 12.1 Å². The molecule has 7 heteroatoms. The van der Waals surface area contributed by atoms with E-state index in [-0.39, 0.29) is 17.5 Å². The number of ether oxygens (including phenoxy) is 1. The van der Waals surface area contributed by atoms with E-state index >= 15 is 0 Å². The van der Waals surface area contributed by atoms with Crippen LogP contribution in [0.1, 0.15) is 23.2 Å². The summed E-state index contributed by atoms with van der Waals surface area (Å²) in [6, 6.07) is 5.93. The van der Waals surface area contributed by atoms with Crippen LogP contribution < -0.4 is 5.32 Å². The van der Waals surface area contributed by atoms with Crippen LogP contribution in [0.4, 0.5) is 4.39 Å². The molecule has 1 aromatic carbocycles. The number of morpholine rings is 1. The van der Waals surface area contributed by atoms with Crippen molar-refractivity contribution in [2.45, 2.75) is 18.9 Å². The minimum atomic E-state index is -0.516. The minimum Gasteiger partial charge on any atom is -0.379 e. The molecule has 0 aromatic heterocycles. The molecule has 0 saturated carbocycles. The summed E-state index contributed by atoms with van der Waals surface area (Å²) in [4.78, 5) is 28.5. The number of hydrogen-bond acceptors (Lipinski definition) is 4. The number of nitrogens with zero attached hydrogens (tertiary/aromatic N) is 2. The third kappa shape index (κ3) is 4.76. The number of carbonyl (C=O) groups is 2. The predicted molar refractivity (Wildman–Crippen MR) is 90.7 cm³/mol. The maximum atomic E-state index is 13.7. The second-order valence-corrected chi connectivity index (χ2v) is 6.50. The molecule has 0 unspecified atom stereocenters. The van der Waals surface area contributed by atoms with E-state index in [1.54, 1.807) is 12.1 Å². The van der Waals surface area contributed by atoms with Crippen LogP contribution in [0.3, 0.4) is 0 Å². The maximum Gasteiger partial charge on any atom is 0.254 e. The Balaban J connectivity index is 1.44. The lowest BCUT2D eigenvalue weighted by Crippen LogP contribution is -2.50. The van der Waals surface area contributed by atoms with Gasteiger partial charge in [0.1, 0.15) is 5.82 Å². The van der Waals surface area contributed by atoms with Gasteiger partial charge in [-0.25, -0.2) is 4.39 Å². The number of hydrogen-bond donors (Lipinski definition) is 1. The molecule has 25 heavy (non-hydrogen) atoms. The number of benzene rings is 1. The first-order valence-corrected chi connectivity index (χ1v) is 8.77. The van der Waals surface area contributed by atoms with Gasteiger partial charge in [-0.1, -0.05) is 12.1 Å². The van der Waals surface area contributed by atoms with E-state index in [2.05, 4.69) is 10.2 Å². The molecule has 2 aliphatic rings. The van der Waals surface area contributed by atoms with Gasteiger partial charge in [-0.3, -0.25) is 14.5 Å². The average Bonchev–Trinajstić information content (AvgIpc) is 2.63. The summed E-state index contributed by atoms with van der Waals surface area (Å²) in [5.74, 6) is -0.782. The van der Waals surface area contributed by atoms with Crippen molar-refractivity contribution in [3.05, 3.63) is 35.6 Å².